The Labute approximate surface area is 200 Å². The lowest BCUT2D eigenvalue weighted by Gasteiger charge is -2.71. The fraction of sp³-hybridized carbons (Fsp3) is 0.714. The van der Waals surface area contributed by atoms with Crippen LogP contribution in [0.25, 0.3) is 0 Å². The summed E-state index contributed by atoms with van der Waals surface area (Å²) in [7, 11) is 0. The van der Waals surface area contributed by atoms with Crippen LogP contribution in [0.2, 0.25) is 0 Å². The van der Waals surface area contributed by atoms with Gasteiger partial charge in [0.1, 0.15) is 11.7 Å². The van der Waals surface area contributed by atoms with Crippen molar-refractivity contribution >= 4 is 11.8 Å². The highest BCUT2D eigenvalue weighted by atomic mass is 16.6. The Morgan fingerprint density at radius 2 is 1.82 bits per heavy atom. The van der Waals surface area contributed by atoms with Gasteiger partial charge in [-0.25, -0.2) is 4.79 Å². The molecule has 1 spiro atoms. The Hall–Kier alpha value is -1.76. The molecule has 0 saturated heterocycles. The Bertz CT molecular complexity index is 1120. The van der Waals surface area contributed by atoms with Gasteiger partial charge in [-0.3, -0.25) is 4.79 Å². The summed E-state index contributed by atoms with van der Waals surface area (Å²) < 4.78 is 6.04. The van der Waals surface area contributed by atoms with Crippen molar-refractivity contribution < 1.29 is 29.6 Å². The molecule has 184 valence electrons. The van der Waals surface area contributed by atoms with E-state index in [9.17, 15) is 24.9 Å². The van der Waals surface area contributed by atoms with E-state index in [2.05, 4.69) is 6.08 Å². The summed E-state index contributed by atoms with van der Waals surface area (Å²) in [5.74, 6) is -1.22. The average Bonchev–Trinajstić information content (AvgIpc) is 3.21. The molecule has 6 rings (SSSR count). The molecule has 1 heterocycles. The van der Waals surface area contributed by atoms with Crippen LogP contribution in [0.1, 0.15) is 66.7 Å². The third-order valence-corrected chi connectivity index (χ3v) is 12.0. The first kappa shape index (κ1) is 22.7. The van der Waals surface area contributed by atoms with Crippen molar-refractivity contribution in [2.24, 2.45) is 34.5 Å². The number of ketones is 1. The lowest BCUT2D eigenvalue weighted by Crippen LogP contribution is -2.84. The molecule has 3 fully saturated rings. The van der Waals surface area contributed by atoms with Crippen LogP contribution in [-0.2, 0) is 14.3 Å². The summed E-state index contributed by atoms with van der Waals surface area (Å²) in [4.78, 5) is 26.3. The van der Waals surface area contributed by atoms with Gasteiger partial charge in [-0.15, -0.1) is 0 Å². The number of fused-ring (bicyclic) bond motifs is 5. The van der Waals surface area contributed by atoms with Crippen molar-refractivity contribution in [2.45, 2.75) is 89.6 Å². The largest absolute Gasteiger partial charge is 0.445 e. The first-order valence-corrected chi connectivity index (χ1v) is 12.8. The van der Waals surface area contributed by atoms with Crippen molar-refractivity contribution in [3.8, 4) is 0 Å². The zero-order valence-corrected chi connectivity index (χ0v) is 20.7. The fourth-order valence-electron chi connectivity index (χ4n) is 9.81. The van der Waals surface area contributed by atoms with Gasteiger partial charge >= 0.3 is 5.97 Å². The van der Waals surface area contributed by atoms with Crippen LogP contribution in [0.3, 0.4) is 0 Å². The lowest BCUT2D eigenvalue weighted by molar-refractivity contribution is -0.356. The maximum atomic E-state index is 13.4. The molecule has 6 aliphatic rings. The molecular weight excluding hydrogens is 432 g/mol. The number of carbonyl (C=O) groups is 2. The molecule has 1 aliphatic heterocycles. The number of carbonyl (C=O) groups excluding carboxylic acids is 2. The summed E-state index contributed by atoms with van der Waals surface area (Å²) in [5.41, 5.74) is -4.42. The van der Waals surface area contributed by atoms with Crippen LogP contribution >= 0.6 is 0 Å². The van der Waals surface area contributed by atoms with Gasteiger partial charge in [-0.05, 0) is 82.3 Å². The highest BCUT2D eigenvalue weighted by Crippen LogP contribution is 2.76. The summed E-state index contributed by atoms with van der Waals surface area (Å²) in [6.45, 7) is 9.20. The molecule has 10 atom stereocenters. The standard InChI is InChI=1S/C28H36O6/c1-14-15(2)28(34-23(14)31)22(30)16(3)26(32)12-11-19-18-10-9-17-7-6-8-21(29)24(17,4)20(18)13-27(28,33)25(19,26)5/h6,8-9,16,18-20,22,30,32-33H,7,10-13H2,1-5H3/t16-,18+,19+,20+,22-,24+,25+,26-,27-,28-/m1/s1. The minimum absolute atomic E-state index is 0.0470. The monoisotopic (exact) mass is 468 g/mol. The van der Waals surface area contributed by atoms with Crippen molar-refractivity contribution in [1.82, 2.24) is 0 Å². The zero-order valence-electron chi connectivity index (χ0n) is 20.7. The van der Waals surface area contributed by atoms with Crippen molar-refractivity contribution in [3.63, 3.8) is 0 Å². The fourth-order valence-corrected chi connectivity index (χ4v) is 9.81. The summed E-state index contributed by atoms with van der Waals surface area (Å²) in [5, 5.41) is 37.0. The van der Waals surface area contributed by atoms with Crippen molar-refractivity contribution in [1.29, 1.82) is 0 Å². The summed E-state index contributed by atoms with van der Waals surface area (Å²) >= 11 is 0. The Morgan fingerprint density at radius 1 is 1.12 bits per heavy atom. The normalized spacial score (nSPS) is 55.6. The molecule has 5 aliphatic carbocycles. The van der Waals surface area contributed by atoms with Gasteiger partial charge < -0.3 is 20.1 Å². The molecule has 0 radical (unpaired) electrons. The average molecular weight is 469 g/mol. The predicted molar refractivity (Wildman–Crippen MR) is 124 cm³/mol. The van der Waals surface area contributed by atoms with Crippen LogP contribution < -0.4 is 0 Å². The second kappa shape index (κ2) is 6.32. The molecular formula is C28H36O6. The van der Waals surface area contributed by atoms with Gasteiger partial charge in [-0.1, -0.05) is 31.6 Å². The molecule has 0 amide bonds. The molecule has 0 bridgehead atoms. The minimum atomic E-state index is -1.73. The van der Waals surface area contributed by atoms with E-state index in [-0.39, 0.29) is 30.0 Å². The van der Waals surface area contributed by atoms with E-state index in [1.165, 1.54) is 0 Å². The highest BCUT2D eigenvalue weighted by molar-refractivity contribution is 5.98. The lowest BCUT2D eigenvalue weighted by atomic mass is 9.36. The summed E-state index contributed by atoms with van der Waals surface area (Å²) in [6.07, 6.45) is 7.40. The SMILES string of the molecule is CC1=C(C)[C@@]2(OC1=O)[C@H](O)[C@@H](C)[C@]1(O)CC[C@H]3[C@@H]4CC=C5CC=CC(=O)[C@]5(C)[C@H]4C[C@@]2(O)[C@@]31C. The maximum Gasteiger partial charge on any atom is 0.334 e. The van der Waals surface area contributed by atoms with E-state index in [1.54, 1.807) is 19.9 Å². The summed E-state index contributed by atoms with van der Waals surface area (Å²) in [6, 6.07) is 0. The van der Waals surface area contributed by atoms with E-state index in [0.717, 1.165) is 12.0 Å². The molecule has 34 heavy (non-hydrogen) atoms. The third-order valence-electron chi connectivity index (χ3n) is 12.0. The van der Waals surface area contributed by atoms with Crippen molar-refractivity contribution in [3.05, 3.63) is 34.9 Å². The molecule has 6 nitrogen and oxygen atoms in total. The van der Waals surface area contributed by atoms with E-state index >= 15 is 0 Å². The van der Waals surface area contributed by atoms with E-state index in [1.807, 2.05) is 26.8 Å². The van der Waals surface area contributed by atoms with Crippen LogP contribution in [0.4, 0.5) is 0 Å². The first-order chi connectivity index (χ1) is 15.8. The van der Waals surface area contributed by atoms with E-state index < -0.39 is 45.6 Å². The van der Waals surface area contributed by atoms with Gasteiger partial charge in [-0.2, -0.15) is 0 Å². The molecule has 3 N–H and O–H groups in total. The molecule has 0 aromatic heterocycles. The number of aliphatic hydroxyl groups excluding tert-OH is 1. The van der Waals surface area contributed by atoms with Crippen LogP contribution in [0, 0.1) is 34.5 Å². The molecule has 0 aromatic carbocycles. The number of rotatable bonds is 0. The topological polar surface area (TPSA) is 104 Å². The maximum absolute atomic E-state index is 13.4. The number of allylic oxidation sites excluding steroid dienone is 4. The second-order valence-corrected chi connectivity index (χ2v) is 12.4. The minimum Gasteiger partial charge on any atom is -0.445 e. The number of ether oxygens (including phenoxy) is 1. The quantitative estimate of drug-likeness (QED) is 0.373. The van der Waals surface area contributed by atoms with Gasteiger partial charge in [0.05, 0.1) is 11.0 Å². The molecule has 0 aromatic rings. The van der Waals surface area contributed by atoms with Crippen LogP contribution in [-0.4, -0.2) is 50.0 Å². The van der Waals surface area contributed by atoms with Gasteiger partial charge in [0, 0.05) is 16.9 Å². The van der Waals surface area contributed by atoms with Gasteiger partial charge in [0.2, 0.25) is 0 Å². The predicted octanol–water partition coefficient (Wildman–Crippen LogP) is 3.01. The highest BCUT2D eigenvalue weighted by Gasteiger charge is 2.85. The second-order valence-electron chi connectivity index (χ2n) is 12.4. The molecule has 0 unspecified atom stereocenters. The van der Waals surface area contributed by atoms with Crippen LogP contribution in [0.15, 0.2) is 34.9 Å². The number of aliphatic hydroxyl groups is 3. The van der Waals surface area contributed by atoms with Gasteiger partial charge in [0.15, 0.2) is 11.4 Å². The molecule has 6 heteroatoms. The van der Waals surface area contributed by atoms with E-state index in [0.29, 0.717) is 30.4 Å². The Kier molecular flexibility index (Phi) is 4.22. The van der Waals surface area contributed by atoms with E-state index in [4.69, 9.17) is 4.74 Å². The Balaban J connectivity index is 1.63. The Morgan fingerprint density at radius 3 is 2.47 bits per heavy atom. The smallest absolute Gasteiger partial charge is 0.334 e. The number of esters is 1. The number of hydrogen-bond acceptors (Lipinski definition) is 6. The zero-order chi connectivity index (χ0) is 24.6. The van der Waals surface area contributed by atoms with Crippen LogP contribution in [0.5, 0.6) is 0 Å². The number of hydrogen-bond donors (Lipinski definition) is 3. The van der Waals surface area contributed by atoms with Crippen molar-refractivity contribution in [2.75, 3.05) is 0 Å². The first-order valence-electron chi connectivity index (χ1n) is 12.8. The van der Waals surface area contributed by atoms with Gasteiger partial charge in [0.25, 0.3) is 0 Å². The molecule has 3 saturated carbocycles. The third kappa shape index (κ3) is 1.98.